The van der Waals surface area contributed by atoms with E-state index in [1.54, 1.807) is 12.5 Å². The minimum Gasteiger partial charge on any atom is -0.366 e. The van der Waals surface area contributed by atoms with Crippen LogP contribution in [-0.4, -0.2) is 17.2 Å². The van der Waals surface area contributed by atoms with Crippen molar-refractivity contribution >= 4 is 11.9 Å². The minimum atomic E-state index is 0.209. The van der Waals surface area contributed by atoms with Gasteiger partial charge in [0.25, 0.3) is 0 Å². The largest absolute Gasteiger partial charge is 0.366 e. The number of carbonyl (C=O) groups excluding carboxylic acids is 1. The molecule has 0 saturated carbocycles. The highest BCUT2D eigenvalue weighted by Gasteiger charge is 2.36. The second-order valence-corrected chi connectivity index (χ2v) is 6.52. The lowest BCUT2D eigenvalue weighted by Gasteiger charge is -2.46. The van der Waals surface area contributed by atoms with E-state index in [-0.39, 0.29) is 11.8 Å². The molecule has 1 aliphatic carbocycles. The van der Waals surface area contributed by atoms with E-state index in [2.05, 4.69) is 53.5 Å². The average Bonchev–Trinajstić information content (AvgIpc) is 2.54. The molecule has 0 radical (unpaired) electrons. The fourth-order valence-electron chi connectivity index (χ4n) is 4.11. The number of benzene rings is 1. The summed E-state index contributed by atoms with van der Waals surface area (Å²) in [6.45, 7) is 2.73. The van der Waals surface area contributed by atoms with E-state index < -0.39 is 0 Å². The number of rotatable bonds is 2. The summed E-state index contributed by atoms with van der Waals surface area (Å²) in [5, 5.41) is 0. The molecule has 2 aliphatic heterocycles. The second kappa shape index (κ2) is 5.28. The van der Waals surface area contributed by atoms with Crippen LogP contribution in [0.1, 0.15) is 43.4 Å². The Morgan fingerprint density at radius 1 is 1.32 bits per heavy atom. The van der Waals surface area contributed by atoms with Crippen LogP contribution in [0, 0.1) is 5.92 Å². The lowest BCUT2D eigenvalue weighted by atomic mass is 9.78. The van der Waals surface area contributed by atoms with Gasteiger partial charge in [0.2, 0.25) is 0 Å². The summed E-state index contributed by atoms with van der Waals surface area (Å²) in [6, 6.07) is 8.76. The molecule has 2 unspecified atom stereocenters. The molecule has 1 aromatic rings. The zero-order valence-electron chi connectivity index (χ0n) is 13.0. The molecule has 112 valence electrons. The summed E-state index contributed by atoms with van der Waals surface area (Å²) in [5.74, 6) is 0.771. The molecule has 2 nitrogen and oxygen atoms in total. The molecule has 0 N–H and O–H groups in total. The number of piperidine rings is 1. The highest BCUT2D eigenvalue weighted by atomic mass is 16.1. The number of fused-ring (bicyclic) bond motifs is 4. The average molecular weight is 291 g/mol. The molecule has 0 bridgehead atoms. The van der Waals surface area contributed by atoms with Crippen LogP contribution in [0.2, 0.25) is 0 Å². The second-order valence-electron chi connectivity index (χ2n) is 6.52. The van der Waals surface area contributed by atoms with Gasteiger partial charge in [0.05, 0.1) is 6.04 Å². The molecule has 1 fully saturated rings. The third kappa shape index (κ3) is 2.14. The lowest BCUT2D eigenvalue weighted by molar-refractivity contribution is -0.118. The van der Waals surface area contributed by atoms with E-state index in [4.69, 9.17) is 0 Å². The Labute approximate surface area is 131 Å². The molecule has 0 aromatic heterocycles. The third-order valence-electron chi connectivity index (χ3n) is 5.11. The van der Waals surface area contributed by atoms with E-state index in [1.165, 1.54) is 16.8 Å². The van der Waals surface area contributed by atoms with Gasteiger partial charge >= 0.3 is 0 Å². The number of hydrogen-bond donors (Lipinski definition) is 0. The fourth-order valence-corrected chi connectivity index (χ4v) is 4.11. The van der Waals surface area contributed by atoms with Crippen molar-refractivity contribution in [1.29, 1.82) is 0 Å². The van der Waals surface area contributed by atoms with Gasteiger partial charge in [-0.25, -0.2) is 0 Å². The van der Waals surface area contributed by atoms with Gasteiger partial charge in [-0.3, -0.25) is 4.79 Å². The van der Waals surface area contributed by atoms with Crippen LogP contribution in [0.15, 0.2) is 53.8 Å². The molecule has 2 heteroatoms. The van der Waals surface area contributed by atoms with Gasteiger partial charge in [-0.15, -0.1) is 0 Å². The number of nitrogens with zero attached hydrogens (tertiary/aromatic N) is 1. The van der Waals surface area contributed by atoms with Crippen molar-refractivity contribution in [2.24, 2.45) is 5.92 Å². The molecular weight excluding hydrogens is 270 g/mol. The number of hydrogen-bond acceptors (Lipinski definition) is 2. The smallest absolute Gasteiger partial charge is 0.132 e. The van der Waals surface area contributed by atoms with Gasteiger partial charge in [-0.05, 0) is 37.0 Å². The van der Waals surface area contributed by atoms with Crippen LogP contribution in [0.4, 0.5) is 0 Å². The Bertz CT molecular complexity index is 710. The van der Waals surface area contributed by atoms with Crippen molar-refractivity contribution in [3.63, 3.8) is 0 Å². The van der Waals surface area contributed by atoms with Gasteiger partial charge in [-0.1, -0.05) is 48.1 Å². The number of allylic oxidation sites excluding steroid dienone is 4. The van der Waals surface area contributed by atoms with Crippen LogP contribution in [-0.2, 0) is 4.79 Å². The highest BCUT2D eigenvalue weighted by molar-refractivity contribution is 5.77. The van der Waals surface area contributed by atoms with E-state index in [1.807, 2.05) is 0 Å². The Kier molecular flexibility index (Phi) is 3.25. The summed E-state index contributed by atoms with van der Waals surface area (Å²) in [5.41, 5.74) is 5.55. The van der Waals surface area contributed by atoms with Crippen LogP contribution >= 0.6 is 0 Å². The third-order valence-corrected chi connectivity index (χ3v) is 5.11. The first kappa shape index (κ1) is 13.6. The lowest BCUT2D eigenvalue weighted by Crippen LogP contribution is -2.40. The van der Waals surface area contributed by atoms with Gasteiger partial charge in [0, 0.05) is 24.6 Å². The first-order valence-corrected chi connectivity index (χ1v) is 8.16. The summed E-state index contributed by atoms with van der Waals surface area (Å²) in [6.07, 6.45) is 11.9. The van der Waals surface area contributed by atoms with Crippen LogP contribution in [0.5, 0.6) is 0 Å². The first-order valence-electron chi connectivity index (χ1n) is 8.16. The number of Topliss-reactive ketones (excluding diaryl/α,β-unsaturated/α-hetero) is 1. The first-order chi connectivity index (χ1) is 10.7. The van der Waals surface area contributed by atoms with Crippen molar-refractivity contribution in [2.45, 2.75) is 32.2 Å². The SMILES string of the molecule is CC(=O)CC1c2ccccc2C=C2C3CC=CC=C3CCN21. The van der Waals surface area contributed by atoms with Gasteiger partial charge in [0.15, 0.2) is 0 Å². The van der Waals surface area contributed by atoms with E-state index in [0.29, 0.717) is 12.3 Å². The van der Waals surface area contributed by atoms with Crippen LogP contribution < -0.4 is 0 Å². The minimum absolute atomic E-state index is 0.209. The standard InChI is InChI=1S/C20H21NO/c1-14(22)12-19-18-9-5-3-7-16(18)13-20-17-8-4-2-6-15(17)10-11-21(19)20/h2-7,9,13,17,19H,8,10-12H2,1H3. The quantitative estimate of drug-likeness (QED) is 0.811. The molecule has 2 atom stereocenters. The van der Waals surface area contributed by atoms with E-state index in [9.17, 15) is 4.79 Å². The van der Waals surface area contributed by atoms with E-state index >= 15 is 0 Å². The molecule has 1 aromatic carbocycles. The highest BCUT2D eigenvalue weighted by Crippen LogP contribution is 2.46. The Balaban J connectivity index is 1.81. The Hall–Kier alpha value is -2.09. The molecule has 0 spiro atoms. The van der Waals surface area contributed by atoms with Gasteiger partial charge < -0.3 is 4.90 Å². The number of ketones is 1. The number of carbonyl (C=O) groups is 1. The fraction of sp³-hybridized carbons (Fsp3) is 0.350. The molecule has 22 heavy (non-hydrogen) atoms. The monoisotopic (exact) mass is 291 g/mol. The predicted octanol–water partition coefficient (Wildman–Crippen LogP) is 4.27. The van der Waals surface area contributed by atoms with Crippen molar-refractivity contribution in [3.8, 4) is 0 Å². The molecule has 4 rings (SSSR count). The molecule has 1 saturated heterocycles. The summed E-state index contributed by atoms with van der Waals surface area (Å²) < 4.78 is 0. The summed E-state index contributed by atoms with van der Waals surface area (Å²) >= 11 is 0. The molecule has 3 aliphatic rings. The summed E-state index contributed by atoms with van der Waals surface area (Å²) in [4.78, 5) is 14.3. The summed E-state index contributed by atoms with van der Waals surface area (Å²) in [7, 11) is 0. The van der Waals surface area contributed by atoms with Gasteiger partial charge in [-0.2, -0.15) is 0 Å². The van der Waals surface area contributed by atoms with Crippen molar-refractivity contribution in [1.82, 2.24) is 4.90 Å². The molecular formula is C20H21NO. The Morgan fingerprint density at radius 3 is 3.05 bits per heavy atom. The van der Waals surface area contributed by atoms with Crippen molar-refractivity contribution < 1.29 is 4.79 Å². The van der Waals surface area contributed by atoms with Crippen molar-refractivity contribution in [2.75, 3.05) is 6.54 Å². The molecule has 2 heterocycles. The zero-order valence-corrected chi connectivity index (χ0v) is 13.0. The maximum Gasteiger partial charge on any atom is 0.132 e. The Morgan fingerprint density at radius 2 is 2.18 bits per heavy atom. The molecule has 0 amide bonds. The van der Waals surface area contributed by atoms with Crippen molar-refractivity contribution in [3.05, 3.63) is 64.9 Å². The topological polar surface area (TPSA) is 20.3 Å². The van der Waals surface area contributed by atoms with Crippen LogP contribution in [0.25, 0.3) is 6.08 Å². The van der Waals surface area contributed by atoms with Crippen LogP contribution in [0.3, 0.4) is 0 Å². The predicted molar refractivity (Wildman–Crippen MR) is 89.1 cm³/mol. The van der Waals surface area contributed by atoms with E-state index in [0.717, 1.165) is 19.4 Å². The zero-order chi connectivity index (χ0) is 15.1. The maximum absolute atomic E-state index is 11.8. The maximum atomic E-state index is 11.8. The van der Waals surface area contributed by atoms with Gasteiger partial charge in [0.1, 0.15) is 5.78 Å². The normalized spacial score (nSPS) is 25.6.